The number of anilines is 1. The van der Waals surface area contributed by atoms with Crippen LogP contribution in [0.2, 0.25) is 5.15 Å². The monoisotopic (exact) mass is 213 g/mol. The predicted molar refractivity (Wildman–Crippen MR) is 50.0 cm³/mol. The Morgan fingerprint density at radius 2 is 2.21 bits per heavy atom. The van der Waals surface area contributed by atoms with Gasteiger partial charge in [0.15, 0.2) is 11.0 Å². The third-order valence-corrected chi connectivity index (χ3v) is 2.26. The average molecular weight is 214 g/mol. The van der Waals surface area contributed by atoms with E-state index in [1.807, 2.05) is 0 Å². The normalized spacial score (nSPS) is 21.7. The fraction of sp³-hybridized carbons (Fsp3) is 0.375. The van der Waals surface area contributed by atoms with Crippen molar-refractivity contribution in [1.82, 2.24) is 9.97 Å². The molecule has 1 unspecified atom stereocenters. The summed E-state index contributed by atoms with van der Waals surface area (Å²) >= 11 is 5.77. The molecule has 0 spiro atoms. The molecule has 2 heterocycles. The molecule has 6 heteroatoms. The highest BCUT2D eigenvalue weighted by atomic mass is 35.5. The zero-order valence-corrected chi connectivity index (χ0v) is 7.98. The van der Waals surface area contributed by atoms with E-state index in [9.17, 15) is 9.90 Å². The molecule has 1 aliphatic heterocycles. The Bertz CT molecular complexity index is 371. The lowest BCUT2D eigenvalue weighted by atomic mass is 10.3. The van der Waals surface area contributed by atoms with Crippen LogP contribution in [0.3, 0.4) is 0 Å². The standard InChI is InChI=1S/C8H8ClN3O2/c9-7-8(11-2-1-10-7)12-4-5(13)3-6(12)14/h1-2,5,13H,3-4H2. The molecule has 2 rings (SSSR count). The second kappa shape index (κ2) is 3.51. The van der Waals surface area contributed by atoms with E-state index in [1.165, 1.54) is 17.3 Å². The number of nitrogens with zero attached hydrogens (tertiary/aromatic N) is 3. The molecule has 1 N–H and O–H groups in total. The SMILES string of the molecule is O=C1CC(O)CN1c1nccnc1Cl. The third-order valence-electron chi connectivity index (χ3n) is 2.00. The summed E-state index contributed by atoms with van der Waals surface area (Å²) in [5.74, 6) is 0.135. The van der Waals surface area contributed by atoms with Crippen LogP contribution in [0.4, 0.5) is 5.82 Å². The minimum atomic E-state index is -0.638. The van der Waals surface area contributed by atoms with Gasteiger partial charge < -0.3 is 5.11 Å². The molecule has 1 amide bonds. The fourth-order valence-corrected chi connectivity index (χ4v) is 1.60. The van der Waals surface area contributed by atoms with Crippen LogP contribution in [0.25, 0.3) is 0 Å². The van der Waals surface area contributed by atoms with Gasteiger partial charge in [-0.2, -0.15) is 0 Å². The Balaban J connectivity index is 2.32. The van der Waals surface area contributed by atoms with Crippen molar-refractivity contribution < 1.29 is 9.90 Å². The minimum absolute atomic E-state index is 0.118. The zero-order chi connectivity index (χ0) is 10.1. The first-order valence-electron chi connectivity index (χ1n) is 4.13. The molecule has 74 valence electrons. The summed E-state index contributed by atoms with van der Waals surface area (Å²) in [7, 11) is 0. The second-order valence-corrected chi connectivity index (χ2v) is 3.39. The van der Waals surface area contributed by atoms with Crippen molar-refractivity contribution in [2.45, 2.75) is 12.5 Å². The number of aliphatic hydroxyl groups is 1. The van der Waals surface area contributed by atoms with E-state index >= 15 is 0 Å². The Morgan fingerprint density at radius 1 is 1.50 bits per heavy atom. The van der Waals surface area contributed by atoms with Gasteiger partial charge in [0.25, 0.3) is 0 Å². The molecule has 1 fully saturated rings. The van der Waals surface area contributed by atoms with E-state index in [0.29, 0.717) is 5.82 Å². The zero-order valence-electron chi connectivity index (χ0n) is 7.22. The molecule has 1 atom stereocenters. The van der Waals surface area contributed by atoms with Crippen molar-refractivity contribution in [2.24, 2.45) is 0 Å². The Morgan fingerprint density at radius 3 is 2.79 bits per heavy atom. The van der Waals surface area contributed by atoms with Gasteiger partial charge >= 0.3 is 0 Å². The maximum absolute atomic E-state index is 11.4. The molecule has 0 saturated carbocycles. The lowest BCUT2D eigenvalue weighted by molar-refractivity contribution is -0.117. The Labute approximate surface area is 85.3 Å². The van der Waals surface area contributed by atoms with Crippen LogP contribution in [0.5, 0.6) is 0 Å². The van der Waals surface area contributed by atoms with Crippen molar-refractivity contribution in [1.29, 1.82) is 0 Å². The van der Waals surface area contributed by atoms with Crippen molar-refractivity contribution in [3.05, 3.63) is 17.5 Å². The maximum Gasteiger partial charge on any atom is 0.230 e. The number of halogens is 1. The molecule has 0 aliphatic carbocycles. The molecule has 1 aliphatic rings. The van der Waals surface area contributed by atoms with Crippen LogP contribution in [-0.4, -0.2) is 33.6 Å². The number of aliphatic hydroxyl groups excluding tert-OH is 1. The van der Waals surface area contributed by atoms with Gasteiger partial charge in [-0.25, -0.2) is 9.97 Å². The number of hydrogen-bond acceptors (Lipinski definition) is 4. The van der Waals surface area contributed by atoms with E-state index in [2.05, 4.69) is 9.97 Å². The summed E-state index contributed by atoms with van der Waals surface area (Å²) in [6, 6.07) is 0. The number of carbonyl (C=O) groups excluding carboxylic acids is 1. The number of rotatable bonds is 1. The van der Waals surface area contributed by atoms with Crippen molar-refractivity contribution in [2.75, 3.05) is 11.4 Å². The highest BCUT2D eigenvalue weighted by Gasteiger charge is 2.31. The van der Waals surface area contributed by atoms with Crippen LogP contribution in [-0.2, 0) is 4.79 Å². The summed E-state index contributed by atoms with van der Waals surface area (Å²) in [6.07, 6.45) is 2.38. The van der Waals surface area contributed by atoms with Gasteiger partial charge in [-0.15, -0.1) is 0 Å². The largest absolute Gasteiger partial charge is 0.391 e. The van der Waals surface area contributed by atoms with E-state index < -0.39 is 6.10 Å². The first-order chi connectivity index (χ1) is 6.68. The maximum atomic E-state index is 11.4. The summed E-state index contributed by atoms with van der Waals surface area (Å²) in [5.41, 5.74) is 0. The van der Waals surface area contributed by atoms with Gasteiger partial charge in [-0.05, 0) is 0 Å². The Kier molecular flexibility index (Phi) is 2.35. The van der Waals surface area contributed by atoms with Crippen LogP contribution in [0, 0.1) is 0 Å². The van der Waals surface area contributed by atoms with Gasteiger partial charge in [0.05, 0.1) is 19.1 Å². The van der Waals surface area contributed by atoms with Crippen molar-refractivity contribution in [3.63, 3.8) is 0 Å². The fourth-order valence-electron chi connectivity index (χ4n) is 1.39. The molecule has 0 bridgehead atoms. The molecular formula is C8H8ClN3O2. The first kappa shape index (κ1) is 9.36. The first-order valence-corrected chi connectivity index (χ1v) is 4.51. The van der Waals surface area contributed by atoms with Crippen LogP contribution < -0.4 is 4.90 Å². The molecule has 1 aromatic rings. The number of carbonyl (C=O) groups is 1. The Hall–Kier alpha value is -1.20. The summed E-state index contributed by atoms with van der Waals surface area (Å²) in [5, 5.41) is 9.44. The average Bonchev–Trinajstić information content (AvgIpc) is 2.46. The molecule has 1 saturated heterocycles. The highest BCUT2D eigenvalue weighted by molar-refractivity contribution is 6.32. The van der Waals surface area contributed by atoms with E-state index in [0.717, 1.165) is 0 Å². The van der Waals surface area contributed by atoms with Crippen LogP contribution in [0.1, 0.15) is 6.42 Å². The summed E-state index contributed by atoms with van der Waals surface area (Å²) in [6.45, 7) is 0.233. The number of hydrogen-bond donors (Lipinski definition) is 1. The molecule has 5 nitrogen and oxygen atoms in total. The third kappa shape index (κ3) is 1.56. The number of β-amino-alcohol motifs (C(OH)–C–C–N with tert-alkyl or cyclic N) is 1. The van der Waals surface area contributed by atoms with Gasteiger partial charge in [0.1, 0.15) is 0 Å². The van der Waals surface area contributed by atoms with Gasteiger partial charge in [-0.1, -0.05) is 11.6 Å². The molecular weight excluding hydrogens is 206 g/mol. The van der Waals surface area contributed by atoms with Crippen LogP contribution in [0.15, 0.2) is 12.4 Å². The van der Waals surface area contributed by atoms with Gasteiger partial charge in [0.2, 0.25) is 5.91 Å². The molecule has 0 radical (unpaired) electrons. The summed E-state index contributed by atoms with van der Waals surface area (Å²) < 4.78 is 0. The van der Waals surface area contributed by atoms with Crippen molar-refractivity contribution in [3.8, 4) is 0 Å². The topological polar surface area (TPSA) is 66.3 Å². The quantitative estimate of drug-likeness (QED) is 0.725. The number of amides is 1. The van der Waals surface area contributed by atoms with Gasteiger partial charge in [0, 0.05) is 12.4 Å². The lowest BCUT2D eigenvalue weighted by Crippen LogP contribution is -2.26. The highest BCUT2D eigenvalue weighted by Crippen LogP contribution is 2.24. The lowest BCUT2D eigenvalue weighted by Gasteiger charge is -2.14. The molecule has 1 aromatic heterocycles. The smallest absolute Gasteiger partial charge is 0.230 e. The predicted octanol–water partition coefficient (Wildman–Crippen LogP) is 0.228. The number of aromatic nitrogens is 2. The molecule has 0 aromatic carbocycles. The van der Waals surface area contributed by atoms with Crippen LogP contribution >= 0.6 is 11.6 Å². The van der Waals surface area contributed by atoms with Crippen molar-refractivity contribution >= 4 is 23.3 Å². The van der Waals surface area contributed by atoms with E-state index in [-0.39, 0.29) is 24.0 Å². The molecule has 14 heavy (non-hydrogen) atoms. The summed E-state index contributed by atoms with van der Waals surface area (Å²) in [4.78, 5) is 20.5. The minimum Gasteiger partial charge on any atom is -0.391 e. The van der Waals surface area contributed by atoms with E-state index in [4.69, 9.17) is 11.6 Å². The van der Waals surface area contributed by atoms with Gasteiger partial charge in [-0.3, -0.25) is 9.69 Å². The van der Waals surface area contributed by atoms with E-state index in [1.54, 1.807) is 0 Å². The second-order valence-electron chi connectivity index (χ2n) is 3.03.